The van der Waals surface area contributed by atoms with Crippen molar-refractivity contribution in [2.24, 2.45) is 0 Å². The van der Waals surface area contributed by atoms with Crippen LogP contribution >= 0.6 is 0 Å². The molecule has 1 atom stereocenters. The highest BCUT2D eigenvalue weighted by atomic mass is 16.5. The number of aromatic hydroxyl groups is 2. The van der Waals surface area contributed by atoms with Crippen LogP contribution in [0.4, 0.5) is 5.69 Å². The fraction of sp³-hybridized carbons (Fsp3) is 0.250. The van der Waals surface area contributed by atoms with E-state index >= 15 is 0 Å². The zero-order valence-electron chi connectivity index (χ0n) is 11.5. The first kappa shape index (κ1) is 12.7. The lowest BCUT2D eigenvalue weighted by Gasteiger charge is -2.16. The first-order valence-electron chi connectivity index (χ1n) is 6.57. The van der Waals surface area contributed by atoms with Gasteiger partial charge in [-0.2, -0.15) is 0 Å². The molecular formula is C16H17NO3. The largest absolute Gasteiger partial charge is 0.508 e. The number of benzene rings is 2. The van der Waals surface area contributed by atoms with Crippen LogP contribution in [0.25, 0.3) is 0 Å². The molecule has 1 aliphatic rings. The predicted octanol–water partition coefficient (Wildman–Crippen LogP) is 3.26. The summed E-state index contributed by atoms with van der Waals surface area (Å²) in [6, 6.07) is 8.91. The van der Waals surface area contributed by atoms with Crippen LogP contribution in [-0.4, -0.2) is 16.8 Å². The van der Waals surface area contributed by atoms with Crippen molar-refractivity contribution in [1.82, 2.24) is 0 Å². The molecule has 20 heavy (non-hydrogen) atoms. The quantitative estimate of drug-likeness (QED) is 0.734. The van der Waals surface area contributed by atoms with Crippen LogP contribution in [0.15, 0.2) is 30.3 Å². The lowest BCUT2D eigenvalue weighted by molar-refractivity contribution is 0.338. The van der Waals surface area contributed by atoms with Crippen molar-refractivity contribution in [3.8, 4) is 17.2 Å². The summed E-state index contributed by atoms with van der Waals surface area (Å²) in [5, 5.41) is 22.6. The van der Waals surface area contributed by atoms with E-state index in [4.69, 9.17) is 4.74 Å². The summed E-state index contributed by atoms with van der Waals surface area (Å²) in [5.41, 5.74) is 3.84. The Bertz CT molecular complexity index is 667. The van der Waals surface area contributed by atoms with Crippen molar-refractivity contribution in [1.29, 1.82) is 0 Å². The highest BCUT2D eigenvalue weighted by Crippen LogP contribution is 2.37. The summed E-state index contributed by atoms with van der Waals surface area (Å²) in [6.07, 6.45) is 0. The van der Waals surface area contributed by atoms with Gasteiger partial charge in [-0.25, -0.2) is 0 Å². The topological polar surface area (TPSA) is 61.7 Å². The molecule has 4 heteroatoms. The third kappa shape index (κ3) is 2.13. The van der Waals surface area contributed by atoms with Gasteiger partial charge in [-0.05, 0) is 49.2 Å². The molecule has 0 saturated heterocycles. The van der Waals surface area contributed by atoms with E-state index < -0.39 is 0 Å². The Labute approximate surface area is 117 Å². The van der Waals surface area contributed by atoms with Crippen LogP contribution in [0.5, 0.6) is 17.2 Å². The van der Waals surface area contributed by atoms with E-state index in [0.29, 0.717) is 12.4 Å². The molecule has 0 spiro atoms. The van der Waals surface area contributed by atoms with Gasteiger partial charge in [0.05, 0.1) is 6.04 Å². The molecule has 0 radical (unpaired) electrons. The first-order valence-corrected chi connectivity index (χ1v) is 6.57. The van der Waals surface area contributed by atoms with Gasteiger partial charge < -0.3 is 20.3 Å². The molecule has 1 heterocycles. The summed E-state index contributed by atoms with van der Waals surface area (Å²) < 4.78 is 5.59. The maximum atomic E-state index is 9.69. The summed E-state index contributed by atoms with van der Waals surface area (Å²) >= 11 is 0. The van der Waals surface area contributed by atoms with Gasteiger partial charge >= 0.3 is 0 Å². The van der Waals surface area contributed by atoms with Gasteiger partial charge in [-0.1, -0.05) is 0 Å². The second-order valence-corrected chi connectivity index (χ2v) is 5.18. The monoisotopic (exact) mass is 271 g/mol. The minimum absolute atomic E-state index is 0.0493. The first-order chi connectivity index (χ1) is 9.54. The standard InChI is InChI=1S/C16H17NO3/c1-9-6-15(19)10(2)5-13(9)17-14-8-20-16-7-11(18)3-4-12(14)16/h3-7,14,17-19H,8H2,1-2H3. The van der Waals surface area contributed by atoms with Crippen LogP contribution in [0.1, 0.15) is 22.7 Å². The Balaban J connectivity index is 1.89. The molecule has 2 aromatic carbocycles. The molecule has 0 aliphatic carbocycles. The third-order valence-corrected chi connectivity index (χ3v) is 3.65. The Kier molecular flexibility index (Phi) is 2.93. The summed E-state index contributed by atoms with van der Waals surface area (Å²) in [5.74, 6) is 1.23. The van der Waals surface area contributed by atoms with Crippen LogP contribution in [0, 0.1) is 13.8 Å². The fourth-order valence-corrected chi connectivity index (χ4v) is 2.46. The number of ether oxygens (including phenoxy) is 1. The summed E-state index contributed by atoms with van der Waals surface area (Å²) in [4.78, 5) is 0. The van der Waals surface area contributed by atoms with Crippen molar-refractivity contribution in [2.75, 3.05) is 11.9 Å². The predicted molar refractivity (Wildman–Crippen MR) is 77.5 cm³/mol. The van der Waals surface area contributed by atoms with Crippen molar-refractivity contribution in [3.05, 3.63) is 47.0 Å². The average molecular weight is 271 g/mol. The van der Waals surface area contributed by atoms with Crippen molar-refractivity contribution >= 4 is 5.69 Å². The highest BCUT2D eigenvalue weighted by molar-refractivity contribution is 5.59. The minimum atomic E-state index is 0.0493. The Morgan fingerprint density at radius 3 is 2.70 bits per heavy atom. The molecule has 104 valence electrons. The van der Waals surface area contributed by atoms with E-state index in [1.165, 1.54) is 0 Å². The van der Waals surface area contributed by atoms with Gasteiger partial charge in [0, 0.05) is 17.3 Å². The van der Waals surface area contributed by atoms with Crippen LogP contribution in [0.2, 0.25) is 0 Å². The third-order valence-electron chi connectivity index (χ3n) is 3.65. The lowest BCUT2D eigenvalue weighted by atomic mass is 10.1. The molecular weight excluding hydrogens is 254 g/mol. The highest BCUT2D eigenvalue weighted by Gasteiger charge is 2.24. The number of aryl methyl sites for hydroxylation is 2. The fourth-order valence-electron chi connectivity index (χ4n) is 2.46. The summed E-state index contributed by atoms with van der Waals surface area (Å²) in [6.45, 7) is 4.35. The number of nitrogens with one attached hydrogen (secondary N) is 1. The van der Waals surface area contributed by atoms with Gasteiger partial charge in [0.1, 0.15) is 23.9 Å². The number of phenolic OH excluding ortho intramolecular Hbond substituents is 2. The van der Waals surface area contributed by atoms with Crippen LogP contribution in [-0.2, 0) is 0 Å². The van der Waals surface area contributed by atoms with E-state index in [1.807, 2.05) is 26.0 Å². The zero-order valence-corrected chi connectivity index (χ0v) is 11.5. The van der Waals surface area contributed by atoms with Gasteiger partial charge in [-0.15, -0.1) is 0 Å². The molecule has 0 aromatic heterocycles. The zero-order chi connectivity index (χ0) is 14.3. The van der Waals surface area contributed by atoms with E-state index in [9.17, 15) is 10.2 Å². The van der Waals surface area contributed by atoms with Crippen molar-refractivity contribution in [2.45, 2.75) is 19.9 Å². The molecule has 0 fully saturated rings. The molecule has 1 aliphatic heterocycles. The normalized spacial score (nSPS) is 16.6. The van der Waals surface area contributed by atoms with Gasteiger partial charge in [-0.3, -0.25) is 0 Å². The second kappa shape index (κ2) is 4.63. The van der Waals surface area contributed by atoms with Gasteiger partial charge in [0.25, 0.3) is 0 Å². The second-order valence-electron chi connectivity index (χ2n) is 5.18. The molecule has 0 amide bonds. The lowest BCUT2D eigenvalue weighted by Crippen LogP contribution is -2.12. The Morgan fingerprint density at radius 2 is 1.90 bits per heavy atom. The minimum Gasteiger partial charge on any atom is -0.508 e. The number of hydrogen-bond donors (Lipinski definition) is 3. The van der Waals surface area contributed by atoms with E-state index in [1.54, 1.807) is 18.2 Å². The molecule has 2 aromatic rings. The smallest absolute Gasteiger partial charge is 0.128 e. The van der Waals surface area contributed by atoms with Crippen LogP contribution in [0.3, 0.4) is 0 Å². The van der Waals surface area contributed by atoms with E-state index in [0.717, 1.165) is 28.1 Å². The van der Waals surface area contributed by atoms with E-state index in [-0.39, 0.29) is 11.8 Å². The number of rotatable bonds is 2. The molecule has 4 nitrogen and oxygen atoms in total. The maximum absolute atomic E-state index is 9.69. The van der Waals surface area contributed by atoms with Crippen molar-refractivity contribution < 1.29 is 14.9 Å². The summed E-state index contributed by atoms with van der Waals surface area (Å²) in [7, 11) is 0. The van der Waals surface area contributed by atoms with E-state index in [2.05, 4.69) is 5.32 Å². The number of fused-ring (bicyclic) bond motifs is 1. The Hall–Kier alpha value is -2.36. The van der Waals surface area contributed by atoms with Gasteiger partial charge in [0.15, 0.2) is 0 Å². The van der Waals surface area contributed by atoms with Crippen molar-refractivity contribution in [3.63, 3.8) is 0 Å². The SMILES string of the molecule is Cc1cc(NC2COc3cc(O)ccc32)c(C)cc1O. The number of anilines is 1. The van der Waals surface area contributed by atoms with Crippen LogP contribution < -0.4 is 10.1 Å². The molecule has 0 saturated carbocycles. The molecule has 0 bridgehead atoms. The molecule has 3 rings (SSSR count). The molecule has 3 N–H and O–H groups in total. The Morgan fingerprint density at radius 1 is 1.10 bits per heavy atom. The number of phenols is 2. The average Bonchev–Trinajstić information content (AvgIpc) is 2.78. The van der Waals surface area contributed by atoms with Gasteiger partial charge in [0.2, 0.25) is 0 Å². The molecule has 1 unspecified atom stereocenters. The number of hydrogen-bond acceptors (Lipinski definition) is 4. The maximum Gasteiger partial charge on any atom is 0.128 e.